The third kappa shape index (κ3) is 3.58. The van der Waals surface area contributed by atoms with Gasteiger partial charge in [0.05, 0.1) is 7.11 Å². The summed E-state index contributed by atoms with van der Waals surface area (Å²) in [5, 5.41) is 2.25. The van der Waals surface area contributed by atoms with Gasteiger partial charge in [-0.25, -0.2) is 0 Å². The Hall–Kier alpha value is -2.35. The number of fused-ring (bicyclic) bond motifs is 1. The molecule has 2 aromatic rings. The van der Waals surface area contributed by atoms with E-state index in [0.717, 1.165) is 27.7 Å². The van der Waals surface area contributed by atoms with Crippen LogP contribution in [0.25, 0.3) is 16.8 Å². The van der Waals surface area contributed by atoms with Crippen LogP contribution in [0.15, 0.2) is 54.1 Å². The summed E-state index contributed by atoms with van der Waals surface area (Å²) in [7, 11) is 1.66. The van der Waals surface area contributed by atoms with Gasteiger partial charge in [0.1, 0.15) is 5.75 Å². The summed E-state index contributed by atoms with van der Waals surface area (Å²) in [5.41, 5.74) is 2.02. The molecule has 0 aliphatic rings. The predicted octanol–water partition coefficient (Wildman–Crippen LogP) is 4.40. The third-order valence-electron chi connectivity index (χ3n) is 2.94. The highest BCUT2D eigenvalue weighted by Gasteiger charge is 1.98. The molecule has 0 aliphatic carbocycles. The van der Waals surface area contributed by atoms with Crippen molar-refractivity contribution in [1.82, 2.24) is 0 Å². The molecule has 0 N–H and O–H groups in total. The van der Waals surface area contributed by atoms with Crippen LogP contribution in [0.2, 0.25) is 0 Å². The molecule has 0 saturated heterocycles. The van der Waals surface area contributed by atoms with Crippen molar-refractivity contribution in [2.45, 2.75) is 13.8 Å². The van der Waals surface area contributed by atoms with E-state index in [1.807, 2.05) is 50.3 Å². The van der Waals surface area contributed by atoms with Gasteiger partial charge < -0.3 is 4.74 Å². The van der Waals surface area contributed by atoms with Gasteiger partial charge in [-0.3, -0.25) is 4.79 Å². The second-order valence-electron chi connectivity index (χ2n) is 4.93. The Labute approximate surface area is 119 Å². The van der Waals surface area contributed by atoms with Crippen LogP contribution in [0.5, 0.6) is 5.75 Å². The fraction of sp³-hybridized carbons (Fsp3) is 0.167. The fourth-order valence-corrected chi connectivity index (χ4v) is 1.98. The molecule has 0 spiro atoms. The molecular weight excluding hydrogens is 248 g/mol. The molecule has 0 aliphatic heterocycles. The zero-order valence-electron chi connectivity index (χ0n) is 12.0. The zero-order chi connectivity index (χ0) is 14.5. The van der Waals surface area contributed by atoms with Gasteiger partial charge in [0.25, 0.3) is 0 Å². The normalized spacial score (nSPS) is 10.8. The molecule has 2 aromatic carbocycles. The molecule has 2 heteroatoms. The van der Waals surface area contributed by atoms with E-state index in [-0.39, 0.29) is 5.78 Å². The number of carbonyl (C=O) groups is 1. The molecule has 2 nitrogen and oxygen atoms in total. The van der Waals surface area contributed by atoms with E-state index in [1.165, 1.54) is 0 Å². The lowest BCUT2D eigenvalue weighted by atomic mass is 10.1. The van der Waals surface area contributed by atoms with Crippen molar-refractivity contribution in [3.8, 4) is 5.75 Å². The predicted molar refractivity (Wildman–Crippen MR) is 84.0 cm³/mol. The lowest BCUT2D eigenvalue weighted by Crippen LogP contribution is -1.86. The second-order valence-corrected chi connectivity index (χ2v) is 4.93. The Morgan fingerprint density at radius 3 is 2.45 bits per heavy atom. The van der Waals surface area contributed by atoms with E-state index in [4.69, 9.17) is 4.74 Å². The van der Waals surface area contributed by atoms with Gasteiger partial charge in [0, 0.05) is 0 Å². The maximum atomic E-state index is 11.6. The minimum Gasteiger partial charge on any atom is -0.497 e. The lowest BCUT2D eigenvalue weighted by Gasteiger charge is -2.03. The van der Waals surface area contributed by atoms with Crippen molar-refractivity contribution in [3.05, 3.63) is 59.7 Å². The quantitative estimate of drug-likeness (QED) is 0.767. The van der Waals surface area contributed by atoms with Crippen LogP contribution in [0.1, 0.15) is 19.4 Å². The van der Waals surface area contributed by atoms with E-state index in [1.54, 1.807) is 19.3 Å². The van der Waals surface area contributed by atoms with Crippen LogP contribution < -0.4 is 4.74 Å². The summed E-state index contributed by atoms with van der Waals surface area (Å²) in [6.45, 7) is 3.82. The Bertz CT molecular complexity index is 690. The Balaban J connectivity index is 2.26. The van der Waals surface area contributed by atoms with E-state index < -0.39 is 0 Å². The molecule has 0 amide bonds. The van der Waals surface area contributed by atoms with Crippen LogP contribution >= 0.6 is 0 Å². The van der Waals surface area contributed by atoms with Gasteiger partial charge in [-0.05, 0) is 60.5 Å². The van der Waals surface area contributed by atoms with Gasteiger partial charge in [0.15, 0.2) is 5.78 Å². The van der Waals surface area contributed by atoms with Crippen molar-refractivity contribution < 1.29 is 9.53 Å². The topological polar surface area (TPSA) is 26.3 Å². The minimum atomic E-state index is 0.0137. The summed E-state index contributed by atoms with van der Waals surface area (Å²) in [6.07, 6.45) is 5.06. The number of methoxy groups -OCH3 is 1. The van der Waals surface area contributed by atoms with Crippen LogP contribution in [0.3, 0.4) is 0 Å². The first-order chi connectivity index (χ1) is 9.58. The standard InChI is InChI=1S/C18H18O2/c1-13(2)10-17(19)8-5-14-4-6-16-12-18(20-3)9-7-15(16)11-14/h4-12H,1-3H3/b8-5+. The monoisotopic (exact) mass is 266 g/mol. The minimum absolute atomic E-state index is 0.0137. The molecule has 0 heterocycles. The van der Waals surface area contributed by atoms with Gasteiger partial charge in [-0.15, -0.1) is 0 Å². The zero-order valence-corrected chi connectivity index (χ0v) is 12.0. The molecule has 20 heavy (non-hydrogen) atoms. The number of benzene rings is 2. The third-order valence-corrected chi connectivity index (χ3v) is 2.94. The summed E-state index contributed by atoms with van der Waals surface area (Å²) < 4.78 is 5.20. The number of ether oxygens (including phenoxy) is 1. The first kappa shape index (κ1) is 14.1. The van der Waals surface area contributed by atoms with Crippen LogP contribution in [0.4, 0.5) is 0 Å². The van der Waals surface area contributed by atoms with Crippen molar-refractivity contribution in [1.29, 1.82) is 0 Å². The molecule has 102 valence electrons. The summed E-state index contributed by atoms with van der Waals surface area (Å²) >= 11 is 0. The Morgan fingerprint density at radius 1 is 1.05 bits per heavy atom. The lowest BCUT2D eigenvalue weighted by molar-refractivity contribution is -0.110. The van der Waals surface area contributed by atoms with Gasteiger partial charge in [0.2, 0.25) is 0 Å². The second kappa shape index (κ2) is 6.20. The van der Waals surface area contributed by atoms with E-state index in [9.17, 15) is 4.79 Å². The average molecular weight is 266 g/mol. The van der Waals surface area contributed by atoms with Crippen molar-refractivity contribution in [2.75, 3.05) is 7.11 Å². The molecule has 0 aromatic heterocycles. The van der Waals surface area contributed by atoms with E-state index >= 15 is 0 Å². The largest absolute Gasteiger partial charge is 0.497 e. The van der Waals surface area contributed by atoms with Gasteiger partial charge in [-0.1, -0.05) is 29.8 Å². The highest BCUT2D eigenvalue weighted by Crippen LogP contribution is 2.22. The van der Waals surface area contributed by atoms with Crippen LogP contribution in [-0.2, 0) is 4.79 Å². The average Bonchev–Trinajstić information content (AvgIpc) is 2.43. The van der Waals surface area contributed by atoms with Crippen molar-refractivity contribution in [3.63, 3.8) is 0 Å². The molecule has 0 unspecified atom stereocenters. The molecule has 2 rings (SSSR count). The number of hydrogen-bond acceptors (Lipinski definition) is 2. The molecule has 0 atom stereocenters. The Morgan fingerprint density at radius 2 is 1.75 bits per heavy atom. The Kier molecular flexibility index (Phi) is 4.36. The van der Waals surface area contributed by atoms with Crippen LogP contribution in [0, 0.1) is 0 Å². The maximum Gasteiger partial charge on any atom is 0.178 e. The van der Waals surface area contributed by atoms with Crippen molar-refractivity contribution >= 4 is 22.6 Å². The summed E-state index contributed by atoms with van der Waals surface area (Å²) in [6, 6.07) is 12.0. The highest BCUT2D eigenvalue weighted by atomic mass is 16.5. The van der Waals surface area contributed by atoms with Gasteiger partial charge >= 0.3 is 0 Å². The fourth-order valence-electron chi connectivity index (χ4n) is 1.98. The summed E-state index contributed by atoms with van der Waals surface area (Å²) in [5.74, 6) is 0.861. The molecule has 0 saturated carbocycles. The molecule has 0 bridgehead atoms. The smallest absolute Gasteiger partial charge is 0.178 e. The van der Waals surface area contributed by atoms with Crippen LogP contribution in [-0.4, -0.2) is 12.9 Å². The van der Waals surface area contributed by atoms with Crippen molar-refractivity contribution in [2.24, 2.45) is 0 Å². The molecule has 0 fully saturated rings. The maximum absolute atomic E-state index is 11.6. The highest BCUT2D eigenvalue weighted by molar-refractivity contribution is 6.02. The molecular formula is C18H18O2. The van der Waals surface area contributed by atoms with E-state index in [2.05, 4.69) is 6.07 Å². The first-order valence-corrected chi connectivity index (χ1v) is 6.53. The number of rotatable bonds is 4. The SMILES string of the molecule is COc1ccc2cc(/C=C/C(=O)C=C(C)C)ccc2c1. The number of carbonyl (C=O) groups excluding carboxylic acids is 1. The molecule has 0 radical (unpaired) electrons. The van der Waals surface area contributed by atoms with Gasteiger partial charge in [-0.2, -0.15) is 0 Å². The number of allylic oxidation sites excluding steroid dienone is 3. The summed E-state index contributed by atoms with van der Waals surface area (Å²) in [4.78, 5) is 11.6. The first-order valence-electron chi connectivity index (χ1n) is 6.53. The van der Waals surface area contributed by atoms with E-state index in [0.29, 0.717) is 0 Å². The number of ketones is 1. The number of hydrogen-bond donors (Lipinski definition) is 0.